The van der Waals surface area contributed by atoms with Gasteiger partial charge in [0, 0.05) is 24.7 Å². The number of H-pyrrole nitrogens is 1. The first-order valence-corrected chi connectivity index (χ1v) is 11.0. The topological polar surface area (TPSA) is 114 Å². The molecule has 0 aliphatic carbocycles. The third-order valence-corrected chi connectivity index (χ3v) is 5.63. The number of ether oxygens (including phenoxy) is 1. The van der Waals surface area contributed by atoms with E-state index in [1.807, 2.05) is 45.0 Å². The number of amides is 1. The molecule has 2 atom stereocenters. The van der Waals surface area contributed by atoms with Gasteiger partial charge in [-0.25, -0.2) is 9.50 Å². The van der Waals surface area contributed by atoms with Gasteiger partial charge in [0.2, 0.25) is 11.8 Å². The van der Waals surface area contributed by atoms with Gasteiger partial charge in [0.25, 0.3) is 0 Å². The molecular formula is C21H24N7O3P. The van der Waals surface area contributed by atoms with Crippen LogP contribution in [0, 0.1) is 0 Å². The lowest BCUT2D eigenvalue weighted by atomic mass is 9.99. The van der Waals surface area contributed by atoms with Crippen LogP contribution in [0.4, 0.5) is 0 Å². The van der Waals surface area contributed by atoms with Gasteiger partial charge in [-0.05, 0) is 32.9 Å². The second kappa shape index (κ2) is 7.70. The van der Waals surface area contributed by atoms with E-state index in [2.05, 4.69) is 29.4 Å². The molecule has 0 fully saturated rings. The number of aromatic nitrogens is 6. The first-order valence-electron chi connectivity index (χ1n) is 10.4. The zero-order chi connectivity index (χ0) is 22.5. The number of hydrogen-bond acceptors (Lipinski definition) is 7. The summed E-state index contributed by atoms with van der Waals surface area (Å²) in [5.41, 5.74) is 3.30. The average molecular weight is 453 g/mol. The maximum atomic E-state index is 13.5. The van der Waals surface area contributed by atoms with Crippen molar-refractivity contribution < 1.29 is 13.9 Å². The molecule has 0 saturated carbocycles. The fourth-order valence-electron chi connectivity index (χ4n) is 3.89. The molecule has 1 N–H and O–H groups in total. The Morgan fingerprint density at radius 1 is 1.38 bits per heavy atom. The standard InChI is InChI=1S/C21H24N7O3P/c1-4-30-15-7-5-6-12-10-14(26-28(12)15)17-16-13(22-11-23-16)8-9-27(17)19(29)18-24-25-20(31-18)21(2,3)32/h5-7,10-11,17H,4,8-9,32H2,1-3H3,(H,22,23)/t17-/m0/s1. The Bertz CT molecular complexity index is 1290. The Hall–Kier alpha value is -3.26. The SMILES string of the molecule is CCOc1cccc2cc([C@H]3c4nc[nH]c4CCN3C(=O)c3nnc(C(C)(C)P)o3)nn12. The van der Waals surface area contributed by atoms with Crippen LogP contribution in [0.25, 0.3) is 5.52 Å². The molecule has 4 aromatic heterocycles. The van der Waals surface area contributed by atoms with Crippen molar-refractivity contribution in [1.82, 2.24) is 34.7 Å². The van der Waals surface area contributed by atoms with E-state index < -0.39 is 11.2 Å². The molecular weight excluding hydrogens is 429 g/mol. The Kier molecular flexibility index (Phi) is 4.97. The summed E-state index contributed by atoms with van der Waals surface area (Å²) in [6.45, 7) is 6.76. The van der Waals surface area contributed by atoms with E-state index >= 15 is 0 Å². The largest absolute Gasteiger partial charge is 0.478 e. The molecule has 1 unspecified atom stereocenters. The number of carbonyl (C=O) groups excluding carboxylic acids is 1. The molecule has 0 bridgehead atoms. The highest BCUT2D eigenvalue weighted by atomic mass is 31.0. The van der Waals surface area contributed by atoms with Gasteiger partial charge in [-0.1, -0.05) is 6.07 Å². The Balaban J connectivity index is 1.58. The predicted molar refractivity (Wildman–Crippen MR) is 119 cm³/mol. The van der Waals surface area contributed by atoms with Gasteiger partial charge in [0.15, 0.2) is 0 Å². The summed E-state index contributed by atoms with van der Waals surface area (Å²) >= 11 is 0. The summed E-state index contributed by atoms with van der Waals surface area (Å²) in [4.78, 5) is 22.9. The number of nitrogens with zero attached hydrogens (tertiary/aromatic N) is 6. The van der Waals surface area contributed by atoms with E-state index in [4.69, 9.17) is 14.3 Å². The second-order valence-corrected chi connectivity index (χ2v) is 9.70. The van der Waals surface area contributed by atoms with Crippen molar-refractivity contribution in [2.24, 2.45) is 0 Å². The molecule has 0 aromatic carbocycles. The molecule has 5 rings (SSSR count). The average Bonchev–Trinajstić information content (AvgIpc) is 3.51. The van der Waals surface area contributed by atoms with E-state index in [0.717, 1.165) is 16.9 Å². The van der Waals surface area contributed by atoms with Crippen LogP contribution in [-0.4, -0.2) is 53.7 Å². The van der Waals surface area contributed by atoms with Crippen molar-refractivity contribution in [3.8, 4) is 5.88 Å². The fourth-order valence-corrected chi connectivity index (χ4v) is 4.00. The number of rotatable bonds is 5. The zero-order valence-corrected chi connectivity index (χ0v) is 19.2. The fraction of sp³-hybridized carbons (Fsp3) is 0.381. The summed E-state index contributed by atoms with van der Waals surface area (Å²) < 4.78 is 13.2. The normalized spacial score (nSPS) is 16.4. The van der Waals surface area contributed by atoms with Gasteiger partial charge in [-0.2, -0.15) is 5.10 Å². The number of nitrogens with one attached hydrogen (secondary N) is 1. The van der Waals surface area contributed by atoms with Gasteiger partial charge in [-0.3, -0.25) is 4.79 Å². The van der Waals surface area contributed by atoms with Crippen molar-refractivity contribution in [3.05, 3.63) is 59.5 Å². The lowest BCUT2D eigenvalue weighted by Gasteiger charge is -2.32. The highest BCUT2D eigenvalue weighted by Crippen LogP contribution is 2.35. The third-order valence-electron chi connectivity index (χ3n) is 5.39. The molecule has 0 saturated heterocycles. The van der Waals surface area contributed by atoms with Crippen LogP contribution in [0.1, 0.15) is 60.5 Å². The Morgan fingerprint density at radius 3 is 2.97 bits per heavy atom. The highest BCUT2D eigenvalue weighted by Gasteiger charge is 2.38. The second-order valence-electron chi connectivity index (χ2n) is 8.25. The minimum atomic E-state index is -0.494. The van der Waals surface area contributed by atoms with E-state index in [1.165, 1.54) is 0 Å². The molecule has 0 spiro atoms. The molecule has 4 aromatic rings. The van der Waals surface area contributed by atoms with Crippen LogP contribution in [0.2, 0.25) is 0 Å². The molecule has 1 aliphatic rings. The van der Waals surface area contributed by atoms with Gasteiger partial charge < -0.3 is 19.0 Å². The minimum Gasteiger partial charge on any atom is -0.478 e. The van der Waals surface area contributed by atoms with Gasteiger partial charge in [0.1, 0.15) is 6.04 Å². The smallest absolute Gasteiger partial charge is 0.312 e. The van der Waals surface area contributed by atoms with E-state index in [0.29, 0.717) is 37.0 Å². The molecule has 1 aliphatic heterocycles. The van der Waals surface area contributed by atoms with Crippen molar-refractivity contribution >= 4 is 20.7 Å². The molecule has 11 heteroatoms. The molecule has 10 nitrogen and oxygen atoms in total. The van der Waals surface area contributed by atoms with E-state index in [9.17, 15) is 4.79 Å². The zero-order valence-electron chi connectivity index (χ0n) is 18.1. The molecule has 0 radical (unpaired) electrons. The summed E-state index contributed by atoms with van der Waals surface area (Å²) in [5.74, 6) is 0.627. The van der Waals surface area contributed by atoms with Crippen LogP contribution >= 0.6 is 9.24 Å². The number of hydrogen-bond donors (Lipinski definition) is 1. The molecule has 5 heterocycles. The lowest BCUT2D eigenvalue weighted by molar-refractivity contribution is 0.0643. The molecule has 1 amide bonds. The number of aromatic amines is 1. The van der Waals surface area contributed by atoms with Gasteiger partial charge in [0.05, 0.1) is 35.0 Å². The van der Waals surface area contributed by atoms with Crippen molar-refractivity contribution in [2.75, 3.05) is 13.2 Å². The number of pyridine rings is 1. The van der Waals surface area contributed by atoms with E-state index in [-0.39, 0.29) is 11.8 Å². The monoisotopic (exact) mass is 453 g/mol. The predicted octanol–water partition coefficient (Wildman–Crippen LogP) is 2.74. The van der Waals surface area contributed by atoms with Gasteiger partial charge >= 0.3 is 11.8 Å². The maximum absolute atomic E-state index is 13.5. The van der Waals surface area contributed by atoms with Crippen LogP contribution in [0.5, 0.6) is 5.88 Å². The number of fused-ring (bicyclic) bond motifs is 2. The Labute approximate surface area is 186 Å². The quantitative estimate of drug-likeness (QED) is 0.462. The van der Waals surface area contributed by atoms with E-state index in [1.54, 1.807) is 15.7 Å². The molecule has 32 heavy (non-hydrogen) atoms. The Morgan fingerprint density at radius 2 is 2.22 bits per heavy atom. The van der Waals surface area contributed by atoms with Crippen LogP contribution < -0.4 is 4.74 Å². The first kappa shape index (κ1) is 20.6. The highest BCUT2D eigenvalue weighted by molar-refractivity contribution is 7.18. The number of carbonyl (C=O) groups is 1. The van der Waals surface area contributed by atoms with Crippen LogP contribution in [0.15, 0.2) is 35.0 Å². The third kappa shape index (κ3) is 3.44. The summed E-state index contributed by atoms with van der Waals surface area (Å²) in [7, 11) is 2.64. The number of imidazole rings is 1. The van der Waals surface area contributed by atoms with Crippen molar-refractivity contribution in [3.63, 3.8) is 0 Å². The summed E-state index contributed by atoms with van der Waals surface area (Å²) in [6, 6.07) is 7.18. The lowest BCUT2D eigenvalue weighted by Crippen LogP contribution is -2.41. The van der Waals surface area contributed by atoms with Gasteiger partial charge in [-0.15, -0.1) is 19.4 Å². The van der Waals surface area contributed by atoms with Crippen molar-refractivity contribution in [2.45, 2.75) is 38.4 Å². The summed E-state index contributed by atoms with van der Waals surface area (Å²) in [5, 5.41) is 12.4. The summed E-state index contributed by atoms with van der Waals surface area (Å²) in [6.07, 6.45) is 2.29. The molecule has 166 valence electrons. The maximum Gasteiger partial charge on any atom is 0.312 e. The van der Waals surface area contributed by atoms with Crippen LogP contribution in [-0.2, 0) is 11.6 Å². The van der Waals surface area contributed by atoms with Crippen molar-refractivity contribution in [1.29, 1.82) is 0 Å². The minimum absolute atomic E-state index is 0.0433. The first-order chi connectivity index (χ1) is 15.4. The van der Waals surface area contributed by atoms with Crippen LogP contribution in [0.3, 0.4) is 0 Å².